The molecule has 112 valence electrons. The summed E-state index contributed by atoms with van der Waals surface area (Å²) >= 11 is 0. The number of nitrogens with one attached hydrogen (secondary N) is 1. The van der Waals surface area contributed by atoms with E-state index in [9.17, 15) is 17.6 Å². The lowest BCUT2D eigenvalue weighted by atomic mass is 10.1. The van der Waals surface area contributed by atoms with E-state index in [1.807, 2.05) is 0 Å². The molecular formula is C12H15F4N3O. The van der Waals surface area contributed by atoms with Crippen molar-refractivity contribution in [3.63, 3.8) is 0 Å². The Hall–Kier alpha value is -1.83. The zero-order valence-corrected chi connectivity index (χ0v) is 10.7. The molecule has 0 fully saturated rings. The lowest BCUT2D eigenvalue weighted by molar-refractivity contribution is -0.155. The number of nitrogens with two attached hydrogens (primary N) is 1. The maximum absolute atomic E-state index is 13.0. The minimum Gasteiger partial charge on any atom is -0.409 e. The third-order valence-corrected chi connectivity index (χ3v) is 2.84. The van der Waals surface area contributed by atoms with Crippen molar-refractivity contribution in [1.82, 2.24) is 5.32 Å². The van der Waals surface area contributed by atoms with E-state index >= 15 is 0 Å². The molecule has 1 aromatic rings. The maximum atomic E-state index is 13.0. The molecule has 2 atom stereocenters. The molecule has 0 aromatic heterocycles. The van der Waals surface area contributed by atoms with Crippen LogP contribution < -0.4 is 11.1 Å². The van der Waals surface area contributed by atoms with Crippen molar-refractivity contribution < 1.29 is 22.8 Å². The second-order valence-corrected chi connectivity index (χ2v) is 4.30. The summed E-state index contributed by atoms with van der Waals surface area (Å²) in [6.07, 6.45) is -4.63. The van der Waals surface area contributed by atoms with Crippen LogP contribution in [0.1, 0.15) is 18.5 Å². The average Bonchev–Trinajstić information content (AvgIpc) is 2.36. The molecule has 0 radical (unpaired) electrons. The topological polar surface area (TPSA) is 70.6 Å². The first kappa shape index (κ1) is 16.2. The predicted octanol–water partition coefficient (Wildman–Crippen LogP) is 2.40. The van der Waals surface area contributed by atoms with E-state index in [0.717, 1.165) is 0 Å². The first-order valence-corrected chi connectivity index (χ1v) is 5.78. The normalized spacial score (nSPS) is 15.9. The molecule has 0 spiro atoms. The SMILES string of the molecule is C[C@@H](NCC(/C(N)=N/O)C(F)(F)F)c1cccc(F)c1. The Morgan fingerprint density at radius 1 is 1.45 bits per heavy atom. The van der Waals surface area contributed by atoms with Gasteiger partial charge in [-0.2, -0.15) is 13.2 Å². The van der Waals surface area contributed by atoms with Gasteiger partial charge in [0, 0.05) is 12.6 Å². The highest BCUT2D eigenvalue weighted by Gasteiger charge is 2.42. The van der Waals surface area contributed by atoms with Crippen LogP contribution in [-0.2, 0) is 0 Å². The van der Waals surface area contributed by atoms with E-state index < -0.39 is 36.3 Å². The van der Waals surface area contributed by atoms with E-state index in [2.05, 4.69) is 10.5 Å². The van der Waals surface area contributed by atoms with Gasteiger partial charge >= 0.3 is 6.18 Å². The van der Waals surface area contributed by atoms with Crippen molar-refractivity contribution in [1.29, 1.82) is 0 Å². The molecule has 4 N–H and O–H groups in total. The van der Waals surface area contributed by atoms with Crippen molar-refractivity contribution in [3.8, 4) is 0 Å². The molecule has 0 saturated heterocycles. The zero-order valence-electron chi connectivity index (χ0n) is 10.7. The molecule has 0 heterocycles. The molecule has 1 unspecified atom stereocenters. The van der Waals surface area contributed by atoms with Crippen LogP contribution in [0.25, 0.3) is 0 Å². The van der Waals surface area contributed by atoms with Crippen LogP contribution in [0.5, 0.6) is 0 Å². The molecule has 4 nitrogen and oxygen atoms in total. The fourth-order valence-electron chi connectivity index (χ4n) is 1.65. The number of nitrogens with zero attached hydrogens (tertiary/aromatic N) is 1. The summed E-state index contributed by atoms with van der Waals surface area (Å²) in [4.78, 5) is 0. The second kappa shape index (κ2) is 6.56. The van der Waals surface area contributed by atoms with Crippen LogP contribution in [0.15, 0.2) is 29.4 Å². The standard InChI is InChI=1S/C12H15F4N3O/c1-7(8-3-2-4-9(13)5-8)18-6-10(11(17)19-20)12(14,15)16/h2-5,7,10,18,20H,6H2,1H3,(H2,17,19)/t7-,10?/m1/s1. The first-order chi connectivity index (χ1) is 9.25. The Balaban J connectivity index is 2.73. The monoisotopic (exact) mass is 293 g/mol. The minimum absolute atomic E-state index is 0.472. The summed E-state index contributed by atoms with van der Waals surface area (Å²) in [7, 11) is 0. The molecule has 0 aliphatic heterocycles. The molecule has 1 rings (SSSR count). The molecule has 0 saturated carbocycles. The molecule has 1 aromatic carbocycles. The largest absolute Gasteiger partial charge is 0.409 e. The average molecular weight is 293 g/mol. The number of hydrogen-bond acceptors (Lipinski definition) is 3. The maximum Gasteiger partial charge on any atom is 0.400 e. The third kappa shape index (κ3) is 4.37. The van der Waals surface area contributed by atoms with Crippen molar-refractivity contribution in [2.45, 2.75) is 19.1 Å². The Bertz CT molecular complexity index is 476. The highest BCUT2D eigenvalue weighted by atomic mass is 19.4. The van der Waals surface area contributed by atoms with E-state index in [1.165, 1.54) is 18.2 Å². The van der Waals surface area contributed by atoms with Gasteiger partial charge in [0.25, 0.3) is 0 Å². The zero-order chi connectivity index (χ0) is 15.3. The van der Waals surface area contributed by atoms with Crippen molar-refractivity contribution in [2.24, 2.45) is 16.8 Å². The first-order valence-electron chi connectivity index (χ1n) is 5.78. The summed E-state index contributed by atoms with van der Waals surface area (Å²) in [6, 6.07) is 5.01. The molecule has 8 heteroatoms. The van der Waals surface area contributed by atoms with Crippen molar-refractivity contribution in [2.75, 3.05) is 6.54 Å². The summed E-state index contributed by atoms with van der Waals surface area (Å²) in [5, 5.41) is 13.4. The van der Waals surface area contributed by atoms with Crippen LogP contribution in [0, 0.1) is 11.7 Å². The number of benzene rings is 1. The number of oxime groups is 1. The lowest BCUT2D eigenvalue weighted by Crippen LogP contribution is -2.43. The van der Waals surface area contributed by atoms with E-state index in [1.54, 1.807) is 13.0 Å². The summed E-state index contributed by atoms with van der Waals surface area (Å²) in [5.74, 6) is -3.50. The smallest absolute Gasteiger partial charge is 0.400 e. The Kier molecular flexibility index (Phi) is 5.32. The van der Waals surface area contributed by atoms with Gasteiger partial charge in [-0.1, -0.05) is 17.3 Å². The fourth-order valence-corrected chi connectivity index (χ4v) is 1.65. The van der Waals surface area contributed by atoms with Crippen LogP contribution in [-0.4, -0.2) is 23.8 Å². The van der Waals surface area contributed by atoms with Crippen LogP contribution in [0.4, 0.5) is 17.6 Å². The highest BCUT2D eigenvalue weighted by molar-refractivity contribution is 5.83. The van der Waals surface area contributed by atoms with Gasteiger partial charge in [-0.25, -0.2) is 4.39 Å². The van der Waals surface area contributed by atoms with Crippen LogP contribution >= 0.6 is 0 Å². The molecular weight excluding hydrogens is 278 g/mol. The molecule has 0 aliphatic rings. The summed E-state index contributed by atoms with van der Waals surface area (Å²) in [5.41, 5.74) is 5.54. The van der Waals surface area contributed by atoms with Gasteiger partial charge in [-0.3, -0.25) is 0 Å². The summed E-state index contributed by atoms with van der Waals surface area (Å²) < 4.78 is 51.1. The highest BCUT2D eigenvalue weighted by Crippen LogP contribution is 2.26. The number of amidine groups is 1. The van der Waals surface area contributed by atoms with Gasteiger partial charge in [-0.05, 0) is 24.6 Å². The lowest BCUT2D eigenvalue weighted by Gasteiger charge is -2.22. The Labute approximate surface area is 113 Å². The van der Waals surface area contributed by atoms with Gasteiger partial charge in [0.15, 0.2) is 5.84 Å². The van der Waals surface area contributed by atoms with Gasteiger partial charge in [0.05, 0.1) is 0 Å². The van der Waals surface area contributed by atoms with Gasteiger partial charge < -0.3 is 16.3 Å². The quantitative estimate of drug-likeness (QED) is 0.257. The minimum atomic E-state index is -4.63. The van der Waals surface area contributed by atoms with Crippen LogP contribution in [0.3, 0.4) is 0 Å². The number of halogens is 4. The van der Waals surface area contributed by atoms with E-state index in [4.69, 9.17) is 10.9 Å². The van der Waals surface area contributed by atoms with E-state index in [-0.39, 0.29) is 0 Å². The van der Waals surface area contributed by atoms with Crippen molar-refractivity contribution in [3.05, 3.63) is 35.6 Å². The van der Waals surface area contributed by atoms with Gasteiger partial charge in [-0.15, -0.1) is 0 Å². The number of rotatable bonds is 5. The Morgan fingerprint density at radius 3 is 2.60 bits per heavy atom. The second-order valence-electron chi connectivity index (χ2n) is 4.30. The Morgan fingerprint density at radius 2 is 2.10 bits per heavy atom. The van der Waals surface area contributed by atoms with Crippen LogP contribution in [0.2, 0.25) is 0 Å². The third-order valence-electron chi connectivity index (χ3n) is 2.84. The van der Waals surface area contributed by atoms with Gasteiger partial charge in [0.2, 0.25) is 0 Å². The van der Waals surface area contributed by atoms with Gasteiger partial charge in [0.1, 0.15) is 11.7 Å². The molecule has 0 amide bonds. The number of alkyl halides is 3. The fraction of sp³-hybridized carbons (Fsp3) is 0.417. The molecule has 0 bridgehead atoms. The molecule has 20 heavy (non-hydrogen) atoms. The van der Waals surface area contributed by atoms with Crippen molar-refractivity contribution >= 4 is 5.84 Å². The van der Waals surface area contributed by atoms with E-state index in [0.29, 0.717) is 5.56 Å². The summed E-state index contributed by atoms with van der Waals surface area (Å²) in [6.45, 7) is 1.02. The molecule has 0 aliphatic carbocycles. The number of hydrogen-bond donors (Lipinski definition) is 3. The predicted molar refractivity (Wildman–Crippen MR) is 65.8 cm³/mol.